The maximum Gasteiger partial charge on any atom is 0.232 e. The summed E-state index contributed by atoms with van der Waals surface area (Å²) in [5.74, 6) is 1.40. The van der Waals surface area contributed by atoms with Crippen molar-refractivity contribution >= 4 is 40.9 Å². The maximum absolute atomic E-state index is 5.51. The Morgan fingerprint density at radius 2 is 1.94 bits per heavy atom. The number of rotatable bonds is 8. The molecule has 1 aliphatic rings. The van der Waals surface area contributed by atoms with Crippen molar-refractivity contribution in [1.29, 1.82) is 0 Å². The summed E-state index contributed by atoms with van der Waals surface area (Å²) in [6, 6.07) is 14.7. The Bertz CT molecular complexity index is 1030. The highest BCUT2D eigenvalue weighted by Crippen LogP contribution is 2.29. The minimum absolute atomic E-state index is 0.440. The molecule has 3 aromatic rings. The van der Waals surface area contributed by atoms with E-state index >= 15 is 0 Å². The van der Waals surface area contributed by atoms with E-state index < -0.39 is 0 Å². The van der Waals surface area contributed by atoms with Gasteiger partial charge >= 0.3 is 0 Å². The Morgan fingerprint density at radius 3 is 2.73 bits per heavy atom. The van der Waals surface area contributed by atoms with Crippen LogP contribution in [0.1, 0.15) is 38.2 Å². The minimum atomic E-state index is 0.440. The fourth-order valence-electron chi connectivity index (χ4n) is 3.82. The lowest BCUT2D eigenvalue weighted by Gasteiger charge is -2.34. The van der Waals surface area contributed by atoms with E-state index in [1.807, 2.05) is 12.1 Å². The summed E-state index contributed by atoms with van der Waals surface area (Å²) in [5, 5.41) is 8.42. The summed E-state index contributed by atoms with van der Waals surface area (Å²) in [5.41, 5.74) is 1.33. The number of thiocarbonyl (C=S) groups is 1. The molecule has 0 unspecified atom stereocenters. The van der Waals surface area contributed by atoms with Gasteiger partial charge in [-0.05, 0) is 74.6 Å². The second kappa shape index (κ2) is 11.9. The lowest BCUT2D eigenvalue weighted by Crippen LogP contribution is -2.38. The van der Waals surface area contributed by atoms with Gasteiger partial charge in [0.15, 0.2) is 10.3 Å². The topological polar surface area (TPSA) is 78.9 Å². The van der Waals surface area contributed by atoms with Gasteiger partial charge in [-0.1, -0.05) is 30.3 Å². The molecule has 3 heterocycles. The number of nitrogens with zero attached hydrogens (tertiary/aromatic N) is 5. The average molecular weight is 480 g/mol. The third kappa shape index (κ3) is 7.10. The second-order valence-electron chi connectivity index (χ2n) is 8.03. The van der Waals surface area contributed by atoms with Crippen LogP contribution in [0.5, 0.6) is 0 Å². The summed E-state index contributed by atoms with van der Waals surface area (Å²) in [7, 11) is 0. The van der Waals surface area contributed by atoms with Crippen LogP contribution in [0.2, 0.25) is 0 Å². The van der Waals surface area contributed by atoms with Gasteiger partial charge in [0.05, 0.1) is 0 Å². The van der Waals surface area contributed by atoms with Crippen molar-refractivity contribution in [3.8, 4) is 0 Å². The first-order valence-corrected chi connectivity index (χ1v) is 12.6. The number of piperidine rings is 1. The molecule has 4 rings (SSSR count). The number of anilines is 2. The summed E-state index contributed by atoms with van der Waals surface area (Å²) < 4.78 is 0. The first-order chi connectivity index (χ1) is 16.2. The number of nitrogens with one attached hydrogen (secondary N) is 2. The maximum atomic E-state index is 5.51. The monoisotopic (exact) mass is 479 g/mol. The Balaban J connectivity index is 1.42. The van der Waals surface area contributed by atoms with Crippen molar-refractivity contribution in [3.63, 3.8) is 0 Å². The standard InChI is InChI=1S/C24H29N7S2/c1-18-9-5-6-16-31(18)20-17-21(33-24-26-14-8-15-27-24)29-22(28-20)30-23(32)25-13-7-12-19-10-3-2-4-11-19/h2-4,8,10-11,14-15,17-18H,5-7,9,12-13,16H2,1H3,(H2,25,28,29,30,32)/t18-/m1/s1. The molecule has 0 aliphatic carbocycles. The van der Waals surface area contributed by atoms with Gasteiger partial charge in [-0.2, -0.15) is 4.98 Å². The van der Waals surface area contributed by atoms with Crippen LogP contribution in [0.15, 0.2) is 65.0 Å². The van der Waals surface area contributed by atoms with Crippen molar-refractivity contribution in [2.75, 3.05) is 23.3 Å². The van der Waals surface area contributed by atoms with Crippen LogP contribution in [0.4, 0.5) is 11.8 Å². The second-order valence-corrected chi connectivity index (χ2v) is 9.43. The summed E-state index contributed by atoms with van der Waals surface area (Å²) >= 11 is 6.94. The molecule has 7 nitrogen and oxygen atoms in total. The minimum Gasteiger partial charge on any atom is -0.362 e. The van der Waals surface area contributed by atoms with E-state index in [1.165, 1.54) is 36.6 Å². The van der Waals surface area contributed by atoms with Gasteiger partial charge in [-0.25, -0.2) is 15.0 Å². The van der Waals surface area contributed by atoms with Crippen LogP contribution in [0.3, 0.4) is 0 Å². The van der Waals surface area contributed by atoms with Gasteiger partial charge in [0, 0.05) is 37.6 Å². The molecule has 1 atom stereocenters. The molecule has 1 saturated heterocycles. The third-order valence-electron chi connectivity index (χ3n) is 5.52. The van der Waals surface area contributed by atoms with Gasteiger partial charge in [0.2, 0.25) is 5.95 Å². The zero-order valence-corrected chi connectivity index (χ0v) is 20.4. The van der Waals surface area contributed by atoms with E-state index in [9.17, 15) is 0 Å². The van der Waals surface area contributed by atoms with Crippen molar-refractivity contribution in [2.45, 2.75) is 55.3 Å². The van der Waals surface area contributed by atoms with Gasteiger partial charge in [0.1, 0.15) is 10.8 Å². The number of aromatic nitrogens is 4. The number of benzene rings is 1. The molecule has 0 bridgehead atoms. The predicted octanol–water partition coefficient (Wildman–Crippen LogP) is 4.72. The number of aryl methyl sites for hydroxylation is 1. The normalized spacial score (nSPS) is 15.8. The molecule has 0 radical (unpaired) electrons. The molecule has 33 heavy (non-hydrogen) atoms. The molecule has 2 aromatic heterocycles. The molecule has 0 saturated carbocycles. The Morgan fingerprint density at radius 1 is 1.12 bits per heavy atom. The Labute approximate surface area is 204 Å². The van der Waals surface area contributed by atoms with E-state index in [0.717, 1.165) is 36.8 Å². The van der Waals surface area contributed by atoms with Gasteiger partial charge in [0.25, 0.3) is 0 Å². The van der Waals surface area contributed by atoms with E-state index in [2.05, 4.69) is 61.7 Å². The molecule has 9 heteroatoms. The van der Waals surface area contributed by atoms with Crippen LogP contribution in [0, 0.1) is 0 Å². The van der Waals surface area contributed by atoms with Gasteiger partial charge in [-0.15, -0.1) is 0 Å². The van der Waals surface area contributed by atoms with Gasteiger partial charge < -0.3 is 15.5 Å². The van der Waals surface area contributed by atoms with E-state index in [1.54, 1.807) is 18.5 Å². The van der Waals surface area contributed by atoms with E-state index in [-0.39, 0.29) is 0 Å². The number of hydrogen-bond acceptors (Lipinski definition) is 7. The Kier molecular flexibility index (Phi) is 8.43. The summed E-state index contributed by atoms with van der Waals surface area (Å²) in [6.07, 6.45) is 9.05. The molecular formula is C24H29N7S2. The zero-order valence-electron chi connectivity index (χ0n) is 18.8. The molecule has 0 amide bonds. The summed E-state index contributed by atoms with van der Waals surface area (Å²) in [4.78, 5) is 20.4. The van der Waals surface area contributed by atoms with Crippen molar-refractivity contribution in [3.05, 3.63) is 60.4 Å². The van der Waals surface area contributed by atoms with Crippen LogP contribution in [-0.2, 0) is 6.42 Å². The first-order valence-electron chi connectivity index (χ1n) is 11.4. The number of hydrogen-bond donors (Lipinski definition) is 2. The zero-order chi connectivity index (χ0) is 22.9. The molecule has 1 aromatic carbocycles. The molecule has 1 aliphatic heterocycles. The van der Waals surface area contributed by atoms with Crippen molar-refractivity contribution in [2.24, 2.45) is 0 Å². The van der Waals surface area contributed by atoms with Crippen LogP contribution < -0.4 is 15.5 Å². The average Bonchev–Trinajstić information content (AvgIpc) is 2.83. The highest BCUT2D eigenvalue weighted by molar-refractivity contribution is 7.99. The van der Waals surface area contributed by atoms with Crippen LogP contribution in [-0.4, -0.2) is 44.2 Å². The molecule has 1 fully saturated rings. The smallest absolute Gasteiger partial charge is 0.232 e. The quantitative estimate of drug-likeness (QED) is 0.206. The Hall–Kier alpha value is -2.78. The molecule has 0 spiro atoms. The lowest BCUT2D eigenvalue weighted by molar-refractivity contribution is 0.480. The van der Waals surface area contributed by atoms with Crippen molar-refractivity contribution < 1.29 is 0 Å². The lowest BCUT2D eigenvalue weighted by atomic mass is 10.0. The molecule has 2 N–H and O–H groups in total. The van der Waals surface area contributed by atoms with Crippen LogP contribution >= 0.6 is 24.0 Å². The first kappa shape index (κ1) is 23.4. The van der Waals surface area contributed by atoms with Crippen molar-refractivity contribution in [1.82, 2.24) is 25.3 Å². The SMILES string of the molecule is C[C@@H]1CCCCN1c1cc(Sc2ncccn2)nc(NC(=S)NCCCc2ccccc2)n1. The van der Waals surface area contributed by atoms with E-state index in [0.29, 0.717) is 22.3 Å². The van der Waals surface area contributed by atoms with Crippen LogP contribution in [0.25, 0.3) is 0 Å². The van der Waals surface area contributed by atoms with Gasteiger partial charge in [-0.3, -0.25) is 0 Å². The highest BCUT2D eigenvalue weighted by atomic mass is 32.2. The predicted molar refractivity (Wildman–Crippen MR) is 138 cm³/mol. The largest absolute Gasteiger partial charge is 0.362 e. The molecule has 172 valence electrons. The highest BCUT2D eigenvalue weighted by Gasteiger charge is 2.21. The third-order valence-corrected chi connectivity index (χ3v) is 6.58. The fraction of sp³-hybridized carbons (Fsp3) is 0.375. The van der Waals surface area contributed by atoms with E-state index in [4.69, 9.17) is 17.2 Å². The molecular weight excluding hydrogens is 450 g/mol. The fourth-order valence-corrected chi connectivity index (χ4v) is 4.73. The summed E-state index contributed by atoms with van der Waals surface area (Å²) in [6.45, 7) is 4.02.